The van der Waals surface area contributed by atoms with Crippen LogP contribution >= 0.6 is 24.8 Å². The lowest BCUT2D eigenvalue weighted by Gasteiger charge is -2.09. The number of carbonyl (C=O) groups excluding carboxylic acids is 3. The fourth-order valence-electron chi connectivity index (χ4n) is 3.34. The number of rotatable bonds is 11. The molecule has 0 aromatic heterocycles. The van der Waals surface area contributed by atoms with E-state index in [9.17, 15) is 14.4 Å². The number of anilines is 1. The van der Waals surface area contributed by atoms with Gasteiger partial charge in [-0.1, -0.05) is 24.3 Å². The fourth-order valence-corrected chi connectivity index (χ4v) is 3.34. The first kappa shape index (κ1) is 32.7. The molecule has 0 saturated carbocycles. The molecule has 0 aliphatic rings. The predicted octanol–water partition coefficient (Wildman–Crippen LogP) is 2.58. The van der Waals surface area contributed by atoms with Crippen LogP contribution in [-0.2, 0) is 16.0 Å². The number of guanidine groups is 1. The number of nitrogens with two attached hydrogens (primary N) is 1. The van der Waals surface area contributed by atoms with Crippen LogP contribution in [0.2, 0.25) is 0 Å². The number of nitrogens with one attached hydrogen (secondary N) is 5. The second-order valence-corrected chi connectivity index (χ2v) is 8.02. The average Bonchev–Trinajstić information content (AvgIpc) is 2.85. The highest BCUT2D eigenvalue weighted by molar-refractivity contribution is 5.96. The summed E-state index contributed by atoms with van der Waals surface area (Å²) >= 11 is 0. The van der Waals surface area contributed by atoms with Gasteiger partial charge in [-0.15, -0.1) is 24.8 Å². The monoisotopic (exact) mass is 575 g/mol. The van der Waals surface area contributed by atoms with E-state index in [1.54, 1.807) is 48.8 Å². The third-order valence-electron chi connectivity index (χ3n) is 5.04. The van der Waals surface area contributed by atoms with Crippen LogP contribution in [0.25, 0.3) is 10.8 Å². The van der Waals surface area contributed by atoms with E-state index in [1.165, 1.54) is 6.92 Å². The highest BCUT2D eigenvalue weighted by Gasteiger charge is 2.10. The zero-order valence-electron chi connectivity index (χ0n) is 21.2. The molecule has 7 N–H and O–H groups in total. The lowest BCUT2D eigenvalue weighted by Crippen LogP contribution is -2.36. The topological polar surface area (TPSA) is 171 Å². The normalized spacial score (nSPS) is 10.1. The second-order valence-electron chi connectivity index (χ2n) is 8.02. The molecule has 0 saturated heterocycles. The number of esters is 1. The number of hydrogen-bond acceptors (Lipinski definition) is 7. The number of nitrogens with zero attached hydrogens (tertiary/aromatic N) is 1. The van der Waals surface area contributed by atoms with E-state index < -0.39 is 11.9 Å². The summed E-state index contributed by atoms with van der Waals surface area (Å²) in [5.41, 5.74) is 7.18. The smallest absolute Gasteiger partial charge is 0.343 e. The average molecular weight is 576 g/mol. The van der Waals surface area contributed by atoms with Gasteiger partial charge in [0.25, 0.3) is 0 Å². The zero-order valence-corrected chi connectivity index (χ0v) is 22.8. The first-order chi connectivity index (χ1) is 17.8. The number of hydrogen-bond donors (Lipinski definition) is 6. The van der Waals surface area contributed by atoms with Gasteiger partial charge in [-0.3, -0.25) is 25.3 Å². The molecule has 13 heteroatoms. The molecule has 3 rings (SSSR count). The predicted molar refractivity (Wildman–Crippen MR) is 157 cm³/mol. The Morgan fingerprint density at radius 1 is 1.00 bits per heavy atom. The molecule has 3 aromatic rings. The van der Waals surface area contributed by atoms with Crippen molar-refractivity contribution in [2.24, 2.45) is 10.7 Å². The number of fused-ring (bicyclic) bond motifs is 1. The van der Waals surface area contributed by atoms with Gasteiger partial charge in [0.2, 0.25) is 11.8 Å². The third kappa shape index (κ3) is 11.3. The van der Waals surface area contributed by atoms with Gasteiger partial charge in [-0.25, -0.2) is 4.79 Å². The summed E-state index contributed by atoms with van der Waals surface area (Å²) in [5, 5.41) is 19.9. The van der Waals surface area contributed by atoms with E-state index in [0.29, 0.717) is 31.1 Å². The van der Waals surface area contributed by atoms with Crippen molar-refractivity contribution in [2.75, 3.05) is 25.1 Å². The van der Waals surface area contributed by atoms with Crippen LogP contribution in [0.3, 0.4) is 0 Å². The molecule has 0 spiro atoms. The Morgan fingerprint density at radius 3 is 2.38 bits per heavy atom. The molecule has 0 heterocycles. The minimum absolute atomic E-state index is 0. The SMILES string of the molecule is CC(=O)NCC/N=C/NCNc1ccc(C(=O)Oc2ccc3cc(CC(=O)NC(=N)N)ccc3c2)cc1.Cl.Cl. The summed E-state index contributed by atoms with van der Waals surface area (Å²) in [5.74, 6) is -0.909. The van der Waals surface area contributed by atoms with E-state index in [2.05, 4.69) is 26.3 Å². The summed E-state index contributed by atoms with van der Waals surface area (Å²) < 4.78 is 5.53. The van der Waals surface area contributed by atoms with Gasteiger partial charge >= 0.3 is 5.97 Å². The van der Waals surface area contributed by atoms with Crippen molar-refractivity contribution < 1.29 is 19.1 Å². The van der Waals surface area contributed by atoms with E-state index >= 15 is 0 Å². The quantitative estimate of drug-likeness (QED) is 0.0509. The first-order valence-electron chi connectivity index (χ1n) is 11.5. The molecule has 0 atom stereocenters. The van der Waals surface area contributed by atoms with Crippen molar-refractivity contribution in [3.05, 3.63) is 71.8 Å². The highest BCUT2D eigenvalue weighted by Crippen LogP contribution is 2.23. The van der Waals surface area contributed by atoms with Gasteiger partial charge in [0.05, 0.1) is 31.5 Å². The molecule has 0 radical (unpaired) electrons. The molecular weight excluding hydrogens is 545 g/mol. The zero-order chi connectivity index (χ0) is 26.6. The number of benzene rings is 3. The van der Waals surface area contributed by atoms with E-state index in [1.807, 2.05) is 18.2 Å². The van der Waals surface area contributed by atoms with Crippen LogP contribution in [-0.4, -0.2) is 49.8 Å². The Bertz CT molecular complexity index is 1320. The summed E-state index contributed by atoms with van der Waals surface area (Å²) in [6, 6.07) is 17.7. The summed E-state index contributed by atoms with van der Waals surface area (Å²) in [6.07, 6.45) is 1.66. The van der Waals surface area contributed by atoms with Crippen LogP contribution in [0.5, 0.6) is 5.75 Å². The largest absolute Gasteiger partial charge is 0.423 e. The Hall–Kier alpha value is -4.35. The maximum atomic E-state index is 12.6. The number of carbonyl (C=O) groups is 3. The van der Waals surface area contributed by atoms with Crippen LogP contribution in [0.15, 0.2) is 65.7 Å². The van der Waals surface area contributed by atoms with Gasteiger partial charge in [0.1, 0.15) is 5.75 Å². The fraction of sp³-hybridized carbons (Fsp3) is 0.192. The minimum atomic E-state index is -0.479. The van der Waals surface area contributed by atoms with E-state index in [0.717, 1.165) is 22.0 Å². The number of aliphatic imine (C=N–C) groups is 1. The summed E-state index contributed by atoms with van der Waals surface area (Å²) in [7, 11) is 0. The molecule has 3 aromatic carbocycles. The van der Waals surface area contributed by atoms with Gasteiger partial charge in [-0.05, 0) is 52.7 Å². The lowest BCUT2D eigenvalue weighted by atomic mass is 10.0. The van der Waals surface area contributed by atoms with E-state index in [4.69, 9.17) is 15.9 Å². The van der Waals surface area contributed by atoms with Crippen molar-refractivity contribution in [1.29, 1.82) is 5.41 Å². The van der Waals surface area contributed by atoms with Gasteiger partial charge in [0, 0.05) is 19.2 Å². The molecule has 11 nitrogen and oxygen atoms in total. The molecule has 0 fully saturated rings. The maximum Gasteiger partial charge on any atom is 0.343 e. The van der Waals surface area contributed by atoms with Gasteiger partial charge in [0.15, 0.2) is 5.96 Å². The lowest BCUT2D eigenvalue weighted by molar-refractivity contribution is -0.119. The molecule has 39 heavy (non-hydrogen) atoms. The third-order valence-corrected chi connectivity index (χ3v) is 5.04. The molecular formula is C26H31Cl2N7O4. The standard InChI is InChI=1S/C26H29N7O4.2ClH/c1-17(34)31-11-10-29-15-30-16-32-22-7-4-19(5-8-22)25(36)37-23-9-6-20-12-18(2-3-21(20)14-23)13-24(35)33-26(27)28;;/h2-9,12,14-15,32H,10-11,13,16H2,1H3,(H,29,30)(H,31,34)(H4,27,28,33,35);2*1H. The van der Waals surface area contributed by atoms with Crippen molar-refractivity contribution in [3.8, 4) is 5.75 Å². The van der Waals surface area contributed by atoms with Crippen LogP contribution in [0.4, 0.5) is 5.69 Å². The molecule has 2 amide bonds. The highest BCUT2D eigenvalue weighted by atomic mass is 35.5. The van der Waals surface area contributed by atoms with Crippen molar-refractivity contribution in [3.63, 3.8) is 0 Å². The van der Waals surface area contributed by atoms with E-state index in [-0.39, 0.29) is 43.0 Å². The van der Waals surface area contributed by atoms with Crippen LogP contribution in [0, 0.1) is 5.41 Å². The Kier molecular flexibility index (Phi) is 13.8. The van der Waals surface area contributed by atoms with Crippen molar-refractivity contribution in [2.45, 2.75) is 13.3 Å². The molecule has 208 valence electrons. The van der Waals surface area contributed by atoms with Gasteiger partial charge < -0.3 is 26.4 Å². The van der Waals surface area contributed by atoms with Crippen LogP contribution in [0.1, 0.15) is 22.8 Å². The second kappa shape index (κ2) is 16.5. The number of ether oxygens (including phenoxy) is 1. The Balaban J connectivity index is 0.00000380. The first-order valence-corrected chi connectivity index (χ1v) is 11.5. The number of halogens is 2. The minimum Gasteiger partial charge on any atom is -0.423 e. The van der Waals surface area contributed by atoms with Gasteiger partial charge in [-0.2, -0.15) is 0 Å². The Labute approximate surface area is 238 Å². The van der Waals surface area contributed by atoms with Crippen molar-refractivity contribution in [1.82, 2.24) is 16.0 Å². The summed E-state index contributed by atoms with van der Waals surface area (Å²) in [4.78, 5) is 39.3. The molecule has 0 unspecified atom stereocenters. The maximum absolute atomic E-state index is 12.6. The molecule has 0 aliphatic heterocycles. The Morgan fingerprint density at radius 2 is 1.69 bits per heavy atom. The summed E-state index contributed by atoms with van der Waals surface area (Å²) in [6.45, 7) is 2.87. The van der Waals surface area contributed by atoms with Crippen molar-refractivity contribution >= 4 is 71.4 Å². The number of amides is 2. The van der Waals surface area contributed by atoms with Crippen LogP contribution < -0.4 is 31.7 Å². The molecule has 0 bridgehead atoms. The molecule has 0 aliphatic carbocycles.